The van der Waals surface area contributed by atoms with Gasteiger partial charge in [0.15, 0.2) is 17.1 Å². The molecule has 0 saturated heterocycles. The largest absolute Gasteiger partial charge is 0.506 e. The summed E-state index contributed by atoms with van der Waals surface area (Å²) in [6.07, 6.45) is 0. The van der Waals surface area contributed by atoms with Crippen LogP contribution in [0.25, 0.3) is 0 Å². The minimum absolute atomic E-state index is 0.0122. The molecule has 0 amide bonds. The summed E-state index contributed by atoms with van der Waals surface area (Å²) in [6, 6.07) is 10.4. The number of benzene rings is 3. The van der Waals surface area contributed by atoms with E-state index in [4.69, 9.17) is 32.7 Å². The molecule has 0 saturated carbocycles. The molecule has 3 aromatic rings. The molecule has 3 aromatic carbocycles. The van der Waals surface area contributed by atoms with Crippen LogP contribution in [0.3, 0.4) is 0 Å². The topological polar surface area (TPSA) is 113 Å². The van der Waals surface area contributed by atoms with Gasteiger partial charge >= 0.3 is 11.9 Å². The molecule has 7 nitrogen and oxygen atoms in total. The maximum absolute atomic E-state index is 12.7. The van der Waals surface area contributed by atoms with Crippen LogP contribution in [0.4, 0.5) is 0 Å². The summed E-state index contributed by atoms with van der Waals surface area (Å²) in [6.45, 7) is 0. The Morgan fingerprint density at radius 1 is 0.967 bits per heavy atom. The maximum atomic E-state index is 12.7. The molecule has 0 bridgehead atoms. The predicted molar refractivity (Wildman–Crippen MR) is 105 cm³/mol. The number of phenols is 2. The zero-order chi connectivity index (χ0) is 21.4. The average Bonchev–Trinajstić information content (AvgIpc) is 2.99. The van der Waals surface area contributed by atoms with Crippen LogP contribution in [0.2, 0.25) is 10.0 Å². The number of carbonyl (C=O) groups excluding carboxylic acids is 1. The van der Waals surface area contributed by atoms with E-state index in [1.54, 1.807) is 24.3 Å². The van der Waals surface area contributed by atoms with E-state index < -0.39 is 28.9 Å². The molecule has 3 N–H and O–H groups in total. The summed E-state index contributed by atoms with van der Waals surface area (Å²) in [5, 5.41) is 29.8. The fraction of sp³-hybridized carbons (Fsp3) is 0.0476. The standard InChI is InChI=1S/C21H10Cl2O7/c22-12-5-10-15(7-14(12)24)29-18-11(6-13(23)17(25)16(18)19(26)27)21(10)9-4-2-1-3-8(9)20(28)30-21/h1-7,24-25H,(H,26,27). The molecule has 0 aliphatic carbocycles. The second-order valence-corrected chi connectivity index (χ2v) is 7.60. The Bertz CT molecular complexity index is 1300. The van der Waals surface area contributed by atoms with Crippen molar-refractivity contribution in [3.05, 3.63) is 80.3 Å². The lowest BCUT2D eigenvalue weighted by atomic mass is 9.77. The zero-order valence-electron chi connectivity index (χ0n) is 14.8. The molecule has 9 heteroatoms. The zero-order valence-corrected chi connectivity index (χ0v) is 16.3. The van der Waals surface area contributed by atoms with Gasteiger partial charge in [0, 0.05) is 17.2 Å². The molecule has 2 aliphatic rings. The van der Waals surface area contributed by atoms with Crippen molar-refractivity contribution in [3.63, 3.8) is 0 Å². The van der Waals surface area contributed by atoms with Crippen molar-refractivity contribution < 1.29 is 34.4 Å². The molecule has 0 fully saturated rings. The first-order valence-corrected chi connectivity index (χ1v) is 9.34. The molecule has 150 valence electrons. The summed E-state index contributed by atoms with van der Waals surface area (Å²) in [4.78, 5) is 24.7. The molecule has 1 atom stereocenters. The van der Waals surface area contributed by atoms with Crippen molar-refractivity contribution in [1.82, 2.24) is 0 Å². The smallest absolute Gasteiger partial charge is 0.343 e. The number of halogens is 2. The van der Waals surface area contributed by atoms with Crippen molar-refractivity contribution in [2.75, 3.05) is 0 Å². The van der Waals surface area contributed by atoms with Gasteiger partial charge in [0.1, 0.15) is 17.1 Å². The third-order valence-electron chi connectivity index (χ3n) is 5.21. The van der Waals surface area contributed by atoms with E-state index in [0.29, 0.717) is 5.56 Å². The van der Waals surface area contributed by atoms with Gasteiger partial charge in [0.25, 0.3) is 0 Å². The van der Waals surface area contributed by atoms with E-state index in [-0.39, 0.29) is 44.0 Å². The number of hydrogen-bond acceptors (Lipinski definition) is 6. The molecular weight excluding hydrogens is 435 g/mol. The lowest BCUT2D eigenvalue weighted by molar-refractivity contribution is 0.0223. The average molecular weight is 445 g/mol. The number of hydrogen-bond donors (Lipinski definition) is 3. The van der Waals surface area contributed by atoms with Crippen LogP contribution in [0.15, 0.2) is 42.5 Å². The minimum atomic E-state index is -1.64. The Hall–Kier alpha value is -3.42. The molecule has 1 spiro atoms. The van der Waals surface area contributed by atoms with Gasteiger partial charge in [0.2, 0.25) is 0 Å². The van der Waals surface area contributed by atoms with Gasteiger partial charge in [-0.3, -0.25) is 0 Å². The number of phenolic OH excluding ortho intramolecular Hbond substituents is 1. The number of aromatic carboxylic acids is 1. The van der Waals surface area contributed by atoms with E-state index in [1.165, 1.54) is 18.2 Å². The number of fused-ring (bicyclic) bond motifs is 6. The Morgan fingerprint density at radius 3 is 2.40 bits per heavy atom. The lowest BCUT2D eigenvalue weighted by Crippen LogP contribution is -2.33. The first-order valence-electron chi connectivity index (χ1n) is 8.58. The Balaban J connectivity index is 1.98. The highest BCUT2D eigenvalue weighted by atomic mass is 35.5. The normalized spacial score (nSPS) is 18.3. The highest BCUT2D eigenvalue weighted by Gasteiger charge is 2.55. The molecule has 2 heterocycles. The summed E-state index contributed by atoms with van der Waals surface area (Å²) >= 11 is 12.3. The molecule has 5 rings (SSSR count). The maximum Gasteiger partial charge on any atom is 0.343 e. The molecule has 1 unspecified atom stereocenters. The number of ether oxygens (including phenoxy) is 2. The van der Waals surface area contributed by atoms with E-state index in [0.717, 1.165) is 0 Å². The van der Waals surface area contributed by atoms with Crippen molar-refractivity contribution in [3.8, 4) is 23.0 Å². The van der Waals surface area contributed by atoms with E-state index in [2.05, 4.69) is 0 Å². The second kappa shape index (κ2) is 6.04. The number of carboxylic acids is 1. The second-order valence-electron chi connectivity index (χ2n) is 6.78. The summed E-state index contributed by atoms with van der Waals surface area (Å²) in [5.74, 6) is -3.41. The highest BCUT2D eigenvalue weighted by Crippen LogP contribution is 2.59. The Labute approximate surface area is 178 Å². The van der Waals surface area contributed by atoms with Gasteiger partial charge in [-0.05, 0) is 18.2 Å². The van der Waals surface area contributed by atoms with Crippen LogP contribution in [-0.4, -0.2) is 27.3 Å². The molecule has 0 aromatic heterocycles. The third-order valence-corrected chi connectivity index (χ3v) is 5.80. The van der Waals surface area contributed by atoms with Crippen molar-refractivity contribution in [2.45, 2.75) is 5.60 Å². The van der Waals surface area contributed by atoms with Crippen LogP contribution in [0.5, 0.6) is 23.0 Å². The molecule has 0 radical (unpaired) electrons. The van der Waals surface area contributed by atoms with Gasteiger partial charge < -0.3 is 24.8 Å². The van der Waals surface area contributed by atoms with Crippen molar-refractivity contribution in [1.29, 1.82) is 0 Å². The van der Waals surface area contributed by atoms with Gasteiger partial charge in [-0.25, -0.2) is 9.59 Å². The van der Waals surface area contributed by atoms with Gasteiger partial charge in [-0.2, -0.15) is 0 Å². The minimum Gasteiger partial charge on any atom is -0.506 e. The quantitative estimate of drug-likeness (QED) is 0.467. The molecule has 2 aliphatic heterocycles. The highest BCUT2D eigenvalue weighted by molar-refractivity contribution is 6.33. The van der Waals surface area contributed by atoms with Gasteiger partial charge in [-0.15, -0.1) is 0 Å². The number of aromatic hydroxyl groups is 2. The molecule has 30 heavy (non-hydrogen) atoms. The fourth-order valence-corrected chi connectivity index (χ4v) is 4.33. The van der Waals surface area contributed by atoms with E-state index >= 15 is 0 Å². The van der Waals surface area contributed by atoms with E-state index in [9.17, 15) is 24.9 Å². The Kier molecular flexibility index (Phi) is 3.75. The third kappa shape index (κ3) is 2.21. The SMILES string of the molecule is O=C1OC2(c3cc(Cl)c(O)cc3Oc3c2cc(Cl)c(O)c3C(=O)O)c2ccccc21. The van der Waals surface area contributed by atoms with Crippen LogP contribution < -0.4 is 4.74 Å². The van der Waals surface area contributed by atoms with Crippen molar-refractivity contribution >= 4 is 35.1 Å². The number of esters is 1. The first kappa shape index (κ1) is 18.6. The van der Waals surface area contributed by atoms with E-state index in [1.807, 2.05) is 0 Å². The molecular formula is C21H10Cl2O7. The monoisotopic (exact) mass is 444 g/mol. The Morgan fingerprint density at radius 2 is 1.67 bits per heavy atom. The predicted octanol–water partition coefficient (Wildman–Crippen LogP) is 4.67. The van der Waals surface area contributed by atoms with Gasteiger partial charge in [0.05, 0.1) is 21.2 Å². The number of carboxylic acid groups (broad SMARTS) is 1. The van der Waals surface area contributed by atoms with Crippen molar-refractivity contribution in [2.24, 2.45) is 0 Å². The van der Waals surface area contributed by atoms with Gasteiger partial charge in [-0.1, -0.05) is 41.4 Å². The lowest BCUT2D eigenvalue weighted by Gasteiger charge is -2.37. The van der Waals surface area contributed by atoms with Crippen LogP contribution in [0.1, 0.15) is 37.4 Å². The summed E-state index contributed by atoms with van der Waals surface area (Å²) in [5.41, 5.74) is -1.18. The first-order chi connectivity index (χ1) is 14.3. The van der Waals surface area contributed by atoms with Crippen LogP contribution in [-0.2, 0) is 10.3 Å². The summed E-state index contributed by atoms with van der Waals surface area (Å²) < 4.78 is 11.6. The fourth-order valence-electron chi connectivity index (χ4n) is 3.96. The van der Waals surface area contributed by atoms with Crippen LogP contribution >= 0.6 is 23.2 Å². The summed E-state index contributed by atoms with van der Waals surface area (Å²) in [7, 11) is 0. The van der Waals surface area contributed by atoms with Crippen LogP contribution in [0, 0.1) is 0 Å². The number of rotatable bonds is 1. The number of carbonyl (C=O) groups is 2.